The highest BCUT2D eigenvalue weighted by molar-refractivity contribution is 6.65. The molecule has 0 saturated carbocycles. The number of hydrogen-bond donors (Lipinski definition) is 1. The van der Waals surface area contributed by atoms with Crippen LogP contribution in [0.1, 0.15) is 20.8 Å². The van der Waals surface area contributed by atoms with E-state index in [4.69, 9.17) is 19.0 Å². The highest BCUT2D eigenvalue weighted by Gasteiger charge is 2.50. The van der Waals surface area contributed by atoms with Crippen LogP contribution in [-0.4, -0.2) is 33.3 Å². The third kappa shape index (κ3) is 4.89. The Kier molecular flexibility index (Phi) is 5.68. The fourth-order valence-electron chi connectivity index (χ4n) is 0.932. The zero-order valence-electron chi connectivity index (χ0n) is 9.44. The predicted octanol–water partition coefficient (Wildman–Crippen LogP) is -0.427. The van der Waals surface area contributed by atoms with Crippen molar-refractivity contribution in [3.8, 4) is 0 Å². The molecule has 0 rings (SSSR count). The summed E-state index contributed by atoms with van der Waals surface area (Å²) in [7, 11) is -3.61. The lowest BCUT2D eigenvalue weighted by Gasteiger charge is -2.25. The lowest BCUT2D eigenvalue weighted by Crippen LogP contribution is -2.50. The van der Waals surface area contributed by atoms with Crippen LogP contribution >= 0.6 is 0 Å². The van der Waals surface area contributed by atoms with Gasteiger partial charge < -0.3 is 19.0 Å². The Labute approximate surface area is 94.2 Å². The first-order valence-corrected chi connectivity index (χ1v) is 6.59. The molecule has 0 aromatic heterocycles. The van der Waals surface area contributed by atoms with E-state index in [2.05, 4.69) is 0 Å². The molecule has 0 atom stereocenters. The second kappa shape index (κ2) is 6.23. The standard InChI is InChI=1S/C8H15NO6Si/c1-4-16(13-6(2)10,14-7(3)11)15-8(12)5-9/h4-5,9H2,1-3H3. The second-order valence-electron chi connectivity index (χ2n) is 2.90. The summed E-state index contributed by atoms with van der Waals surface area (Å²) in [6.45, 7) is 3.48. The van der Waals surface area contributed by atoms with Crippen LogP contribution in [0.4, 0.5) is 0 Å². The minimum Gasteiger partial charge on any atom is -0.455 e. The molecule has 0 amide bonds. The zero-order chi connectivity index (χ0) is 12.8. The highest BCUT2D eigenvalue weighted by Crippen LogP contribution is 2.16. The molecule has 0 heterocycles. The molecule has 0 aliphatic rings. The van der Waals surface area contributed by atoms with Gasteiger partial charge in [0.15, 0.2) is 0 Å². The molecule has 0 aromatic carbocycles. The van der Waals surface area contributed by atoms with E-state index in [1.54, 1.807) is 6.92 Å². The SMILES string of the molecule is CC[Si](OC(C)=O)(OC(C)=O)OC(=O)CN. The van der Waals surface area contributed by atoms with Crippen LogP contribution in [0.15, 0.2) is 0 Å². The molecule has 0 aliphatic carbocycles. The van der Waals surface area contributed by atoms with E-state index in [9.17, 15) is 14.4 Å². The molecule has 0 bridgehead atoms. The van der Waals surface area contributed by atoms with Crippen molar-refractivity contribution in [3.05, 3.63) is 0 Å². The minimum absolute atomic E-state index is 0.109. The quantitative estimate of drug-likeness (QED) is 0.659. The van der Waals surface area contributed by atoms with Gasteiger partial charge in [-0.25, -0.2) is 0 Å². The summed E-state index contributed by atoms with van der Waals surface area (Å²) >= 11 is 0. The largest absolute Gasteiger partial charge is 0.704 e. The fraction of sp³-hybridized carbons (Fsp3) is 0.625. The topological polar surface area (TPSA) is 105 Å². The van der Waals surface area contributed by atoms with Crippen LogP contribution in [-0.2, 0) is 27.7 Å². The second-order valence-corrected chi connectivity index (χ2v) is 5.59. The van der Waals surface area contributed by atoms with Crippen molar-refractivity contribution < 1.29 is 27.7 Å². The zero-order valence-corrected chi connectivity index (χ0v) is 10.4. The third-order valence-corrected chi connectivity index (χ3v) is 4.07. The van der Waals surface area contributed by atoms with Crippen molar-refractivity contribution in [2.45, 2.75) is 26.8 Å². The van der Waals surface area contributed by atoms with Gasteiger partial charge in [-0.2, -0.15) is 0 Å². The molecule has 8 heteroatoms. The van der Waals surface area contributed by atoms with Crippen molar-refractivity contribution in [2.75, 3.05) is 6.54 Å². The van der Waals surface area contributed by atoms with Gasteiger partial charge in [0.1, 0.15) is 0 Å². The molecule has 0 spiro atoms. The predicted molar refractivity (Wildman–Crippen MR) is 54.9 cm³/mol. The van der Waals surface area contributed by atoms with Gasteiger partial charge in [0.05, 0.1) is 12.6 Å². The van der Waals surface area contributed by atoms with Gasteiger partial charge in [-0.05, 0) is 0 Å². The molecule has 7 nitrogen and oxygen atoms in total. The number of nitrogens with two attached hydrogens (primary N) is 1. The Bertz CT molecular complexity index is 276. The van der Waals surface area contributed by atoms with Crippen molar-refractivity contribution in [1.82, 2.24) is 0 Å². The van der Waals surface area contributed by atoms with Crippen LogP contribution < -0.4 is 5.73 Å². The van der Waals surface area contributed by atoms with Gasteiger partial charge in [0.2, 0.25) is 0 Å². The maximum atomic E-state index is 11.1. The number of rotatable bonds is 5. The van der Waals surface area contributed by atoms with Crippen LogP contribution in [0.5, 0.6) is 0 Å². The van der Waals surface area contributed by atoms with Crippen LogP contribution in [0, 0.1) is 0 Å². The van der Waals surface area contributed by atoms with Crippen LogP contribution in [0.2, 0.25) is 6.04 Å². The molecule has 16 heavy (non-hydrogen) atoms. The van der Waals surface area contributed by atoms with Gasteiger partial charge in [-0.1, -0.05) is 6.92 Å². The highest BCUT2D eigenvalue weighted by atomic mass is 28.4. The van der Waals surface area contributed by atoms with E-state index in [0.717, 1.165) is 13.8 Å². The first-order valence-electron chi connectivity index (χ1n) is 4.66. The van der Waals surface area contributed by atoms with Crippen molar-refractivity contribution >= 4 is 26.7 Å². The lowest BCUT2D eigenvalue weighted by molar-refractivity contribution is -0.148. The van der Waals surface area contributed by atoms with Gasteiger partial charge in [0.25, 0.3) is 11.9 Å². The maximum Gasteiger partial charge on any atom is 0.704 e. The summed E-state index contributed by atoms with van der Waals surface area (Å²) in [6.07, 6.45) is 0. The Morgan fingerprint density at radius 1 is 1.06 bits per heavy atom. The summed E-state index contributed by atoms with van der Waals surface area (Å²) < 4.78 is 14.5. The van der Waals surface area contributed by atoms with E-state index in [1.165, 1.54) is 0 Å². The summed E-state index contributed by atoms with van der Waals surface area (Å²) in [5.74, 6) is -2.14. The maximum absolute atomic E-state index is 11.1. The lowest BCUT2D eigenvalue weighted by atomic mass is 10.7. The number of carbonyl (C=O) groups excluding carboxylic acids is 3. The molecular formula is C8H15NO6Si. The number of carbonyl (C=O) groups is 3. The van der Waals surface area contributed by atoms with Crippen LogP contribution in [0.25, 0.3) is 0 Å². The molecule has 0 radical (unpaired) electrons. The summed E-state index contributed by atoms with van der Waals surface area (Å²) in [5.41, 5.74) is 5.06. The molecule has 92 valence electrons. The molecule has 0 saturated heterocycles. The van der Waals surface area contributed by atoms with Gasteiger partial charge in [0, 0.05) is 13.8 Å². The normalized spacial score (nSPS) is 10.5. The van der Waals surface area contributed by atoms with Crippen molar-refractivity contribution in [1.29, 1.82) is 0 Å². The molecular weight excluding hydrogens is 234 g/mol. The average molecular weight is 249 g/mol. The fourth-order valence-corrected chi connectivity index (χ4v) is 2.80. The molecule has 0 aliphatic heterocycles. The summed E-state index contributed by atoms with van der Waals surface area (Å²) in [4.78, 5) is 32.8. The van der Waals surface area contributed by atoms with Crippen molar-refractivity contribution in [2.24, 2.45) is 5.73 Å². The van der Waals surface area contributed by atoms with E-state index < -0.39 is 26.7 Å². The van der Waals surface area contributed by atoms with E-state index in [-0.39, 0.29) is 12.6 Å². The average Bonchev–Trinajstić information content (AvgIpc) is 2.15. The molecule has 0 aromatic rings. The smallest absolute Gasteiger partial charge is 0.455 e. The Morgan fingerprint density at radius 2 is 1.50 bits per heavy atom. The summed E-state index contributed by atoms with van der Waals surface area (Å²) in [6, 6.07) is 0.109. The van der Waals surface area contributed by atoms with E-state index in [1.807, 2.05) is 0 Å². The Balaban J connectivity index is 4.86. The van der Waals surface area contributed by atoms with Gasteiger partial charge in [-0.3, -0.25) is 14.4 Å². The van der Waals surface area contributed by atoms with Gasteiger partial charge >= 0.3 is 14.8 Å². The van der Waals surface area contributed by atoms with Crippen LogP contribution in [0.3, 0.4) is 0 Å². The van der Waals surface area contributed by atoms with E-state index >= 15 is 0 Å². The summed E-state index contributed by atoms with van der Waals surface area (Å²) in [5, 5.41) is 0. The van der Waals surface area contributed by atoms with Crippen molar-refractivity contribution in [3.63, 3.8) is 0 Å². The minimum atomic E-state index is -3.61. The first kappa shape index (κ1) is 14.6. The molecule has 0 fully saturated rings. The molecule has 0 unspecified atom stereocenters. The molecule has 2 N–H and O–H groups in total. The Hall–Kier alpha value is -1.41. The third-order valence-electron chi connectivity index (χ3n) is 1.47. The monoisotopic (exact) mass is 249 g/mol. The van der Waals surface area contributed by atoms with E-state index in [0.29, 0.717) is 0 Å². The number of hydrogen-bond acceptors (Lipinski definition) is 7. The van der Waals surface area contributed by atoms with Gasteiger partial charge in [-0.15, -0.1) is 0 Å². The first-order chi connectivity index (χ1) is 7.35. The Morgan fingerprint density at radius 3 is 1.75 bits per heavy atom.